The molecule has 24 heavy (non-hydrogen) atoms. The fraction of sp³-hybridized carbons (Fsp3) is 0.562. The standard InChI is InChI=1S/C16H21ClF3N3O/c1-24-14-6-5-12(8-13(14)17)23-15(21)22-9-10-3-2-4-11(7-10)16(18,19)20/h5-6,8,10-11H,2-4,7,9H2,1H3,(H3,21,22,23). The number of guanidine groups is 1. The molecule has 4 nitrogen and oxygen atoms in total. The van der Waals surface area contributed by atoms with Crippen molar-refractivity contribution < 1.29 is 17.9 Å². The van der Waals surface area contributed by atoms with E-state index in [0.717, 1.165) is 6.42 Å². The molecule has 1 aromatic carbocycles. The molecule has 0 radical (unpaired) electrons. The molecular formula is C16H21ClF3N3O. The van der Waals surface area contributed by atoms with Crippen LogP contribution in [0.2, 0.25) is 5.02 Å². The van der Waals surface area contributed by atoms with Crippen molar-refractivity contribution in [1.82, 2.24) is 0 Å². The maximum Gasteiger partial charge on any atom is 0.391 e. The number of nitrogens with zero attached hydrogens (tertiary/aromatic N) is 1. The summed E-state index contributed by atoms with van der Waals surface area (Å²) in [5, 5.41) is 3.31. The maximum atomic E-state index is 12.8. The van der Waals surface area contributed by atoms with Crippen molar-refractivity contribution >= 4 is 23.2 Å². The molecule has 0 heterocycles. The summed E-state index contributed by atoms with van der Waals surface area (Å²) in [7, 11) is 1.52. The molecule has 8 heteroatoms. The van der Waals surface area contributed by atoms with Crippen LogP contribution in [0.4, 0.5) is 18.9 Å². The molecule has 2 rings (SSSR count). The zero-order valence-corrected chi connectivity index (χ0v) is 14.1. The average molecular weight is 364 g/mol. The smallest absolute Gasteiger partial charge is 0.391 e. The fourth-order valence-electron chi connectivity index (χ4n) is 2.91. The summed E-state index contributed by atoms with van der Waals surface area (Å²) in [6.07, 6.45) is -2.47. The second kappa shape index (κ2) is 7.96. The zero-order valence-electron chi connectivity index (χ0n) is 13.4. The molecule has 0 saturated heterocycles. The summed E-state index contributed by atoms with van der Waals surface area (Å²) < 4.78 is 43.5. The predicted molar refractivity (Wildman–Crippen MR) is 89.6 cm³/mol. The van der Waals surface area contributed by atoms with Gasteiger partial charge in [-0.15, -0.1) is 0 Å². The molecule has 0 aromatic heterocycles. The van der Waals surface area contributed by atoms with E-state index in [-0.39, 0.29) is 31.3 Å². The van der Waals surface area contributed by atoms with E-state index in [1.807, 2.05) is 0 Å². The summed E-state index contributed by atoms with van der Waals surface area (Å²) >= 11 is 6.02. The van der Waals surface area contributed by atoms with Gasteiger partial charge in [-0.2, -0.15) is 13.2 Å². The molecule has 1 aliphatic rings. The molecule has 1 aliphatic carbocycles. The van der Waals surface area contributed by atoms with Crippen LogP contribution in [0.1, 0.15) is 25.7 Å². The minimum absolute atomic E-state index is 0.0924. The van der Waals surface area contributed by atoms with E-state index in [2.05, 4.69) is 10.3 Å². The Kier molecular flexibility index (Phi) is 6.21. The maximum absolute atomic E-state index is 12.8. The third kappa shape index (κ3) is 5.19. The Bertz CT molecular complexity index is 592. The third-order valence-electron chi connectivity index (χ3n) is 4.19. The van der Waals surface area contributed by atoms with Crippen molar-refractivity contribution in [3.63, 3.8) is 0 Å². The van der Waals surface area contributed by atoms with Crippen LogP contribution in [-0.4, -0.2) is 25.8 Å². The number of ether oxygens (including phenoxy) is 1. The van der Waals surface area contributed by atoms with Gasteiger partial charge in [0, 0.05) is 12.2 Å². The van der Waals surface area contributed by atoms with Crippen LogP contribution in [0, 0.1) is 11.8 Å². The van der Waals surface area contributed by atoms with Crippen molar-refractivity contribution in [2.75, 3.05) is 19.0 Å². The molecule has 3 N–H and O–H groups in total. The number of benzene rings is 1. The van der Waals surface area contributed by atoms with E-state index in [1.165, 1.54) is 7.11 Å². The quantitative estimate of drug-likeness (QED) is 0.614. The largest absolute Gasteiger partial charge is 0.495 e. The lowest BCUT2D eigenvalue weighted by atomic mass is 9.81. The van der Waals surface area contributed by atoms with Crippen LogP contribution in [-0.2, 0) is 0 Å². The number of rotatable bonds is 4. The number of nitrogens with two attached hydrogens (primary N) is 1. The molecule has 1 saturated carbocycles. The van der Waals surface area contributed by atoms with Gasteiger partial charge in [-0.25, -0.2) is 0 Å². The highest BCUT2D eigenvalue weighted by atomic mass is 35.5. The first-order valence-electron chi connectivity index (χ1n) is 7.76. The third-order valence-corrected chi connectivity index (χ3v) is 4.49. The topological polar surface area (TPSA) is 59.6 Å². The first-order valence-corrected chi connectivity index (χ1v) is 8.14. The molecule has 0 amide bonds. The second-order valence-corrected chi connectivity index (χ2v) is 6.38. The van der Waals surface area contributed by atoms with Crippen LogP contribution in [0.25, 0.3) is 0 Å². The average Bonchev–Trinajstić information content (AvgIpc) is 2.53. The first kappa shape index (κ1) is 18.7. The van der Waals surface area contributed by atoms with Crippen molar-refractivity contribution in [3.05, 3.63) is 23.2 Å². The lowest BCUT2D eigenvalue weighted by Gasteiger charge is -2.29. The van der Waals surface area contributed by atoms with Gasteiger partial charge in [-0.05, 0) is 43.4 Å². The van der Waals surface area contributed by atoms with Crippen LogP contribution < -0.4 is 15.8 Å². The number of methoxy groups -OCH3 is 1. The van der Waals surface area contributed by atoms with Gasteiger partial charge >= 0.3 is 6.18 Å². The lowest BCUT2D eigenvalue weighted by Crippen LogP contribution is -2.30. The number of nitrogens with one attached hydrogen (secondary N) is 1. The van der Waals surface area contributed by atoms with E-state index < -0.39 is 12.1 Å². The molecule has 0 aliphatic heterocycles. The molecule has 2 atom stereocenters. The van der Waals surface area contributed by atoms with E-state index in [9.17, 15) is 13.2 Å². The molecule has 1 fully saturated rings. The zero-order chi connectivity index (χ0) is 17.7. The summed E-state index contributed by atoms with van der Waals surface area (Å²) in [6, 6.07) is 5.06. The molecular weight excluding hydrogens is 343 g/mol. The van der Waals surface area contributed by atoms with Crippen molar-refractivity contribution in [2.24, 2.45) is 22.6 Å². The Labute approximate surface area is 144 Å². The summed E-state index contributed by atoms with van der Waals surface area (Å²) in [4.78, 5) is 4.17. The Morgan fingerprint density at radius 2 is 2.17 bits per heavy atom. The van der Waals surface area contributed by atoms with Crippen molar-refractivity contribution in [2.45, 2.75) is 31.9 Å². The predicted octanol–water partition coefficient (Wildman–Crippen LogP) is 4.44. The lowest BCUT2D eigenvalue weighted by molar-refractivity contribution is -0.185. The number of hydrogen-bond donors (Lipinski definition) is 2. The minimum atomic E-state index is -4.12. The van der Waals surface area contributed by atoms with Gasteiger partial charge in [-0.3, -0.25) is 4.99 Å². The highest BCUT2D eigenvalue weighted by Crippen LogP contribution is 2.39. The number of hydrogen-bond acceptors (Lipinski definition) is 2. The van der Waals surface area contributed by atoms with Crippen LogP contribution >= 0.6 is 11.6 Å². The van der Waals surface area contributed by atoms with E-state index >= 15 is 0 Å². The number of anilines is 1. The molecule has 134 valence electrons. The van der Waals surface area contributed by atoms with Gasteiger partial charge in [0.1, 0.15) is 5.75 Å². The highest BCUT2D eigenvalue weighted by molar-refractivity contribution is 6.32. The van der Waals surface area contributed by atoms with Gasteiger partial charge in [0.15, 0.2) is 5.96 Å². The van der Waals surface area contributed by atoms with Crippen LogP contribution in [0.3, 0.4) is 0 Å². The normalized spacial score (nSPS) is 22.3. The van der Waals surface area contributed by atoms with Crippen molar-refractivity contribution in [3.8, 4) is 5.75 Å². The molecule has 1 aromatic rings. The second-order valence-electron chi connectivity index (χ2n) is 5.97. The minimum Gasteiger partial charge on any atom is -0.495 e. The van der Waals surface area contributed by atoms with E-state index in [0.29, 0.717) is 22.9 Å². The molecule has 2 unspecified atom stereocenters. The number of halogens is 4. The SMILES string of the molecule is COc1ccc(NC(N)=NCC2CCCC(C(F)(F)F)C2)cc1Cl. The number of alkyl halides is 3. The number of aliphatic imine (C=N–C) groups is 1. The Balaban J connectivity index is 1.90. The van der Waals surface area contributed by atoms with Gasteiger partial charge in [0.05, 0.1) is 18.1 Å². The van der Waals surface area contributed by atoms with Crippen LogP contribution in [0.15, 0.2) is 23.2 Å². The first-order chi connectivity index (χ1) is 11.3. The van der Waals surface area contributed by atoms with Gasteiger partial charge < -0.3 is 15.8 Å². The highest BCUT2D eigenvalue weighted by Gasteiger charge is 2.41. The molecule has 0 bridgehead atoms. The summed E-state index contributed by atoms with van der Waals surface area (Å²) in [6.45, 7) is 0.287. The molecule has 0 spiro atoms. The Hall–Kier alpha value is -1.63. The monoisotopic (exact) mass is 363 g/mol. The van der Waals surface area contributed by atoms with E-state index in [4.69, 9.17) is 22.1 Å². The van der Waals surface area contributed by atoms with Crippen molar-refractivity contribution in [1.29, 1.82) is 0 Å². The Morgan fingerprint density at radius 3 is 2.79 bits per heavy atom. The van der Waals surface area contributed by atoms with Gasteiger partial charge in [-0.1, -0.05) is 18.0 Å². The summed E-state index contributed by atoms with van der Waals surface area (Å²) in [5.41, 5.74) is 6.44. The Morgan fingerprint density at radius 1 is 1.42 bits per heavy atom. The fourth-order valence-corrected chi connectivity index (χ4v) is 3.17. The van der Waals surface area contributed by atoms with Crippen LogP contribution in [0.5, 0.6) is 5.75 Å². The van der Waals surface area contributed by atoms with E-state index in [1.54, 1.807) is 18.2 Å². The van der Waals surface area contributed by atoms with Gasteiger partial charge in [0.2, 0.25) is 0 Å². The van der Waals surface area contributed by atoms with Gasteiger partial charge in [0.25, 0.3) is 0 Å². The summed E-state index contributed by atoms with van der Waals surface area (Å²) in [5.74, 6) is -0.616.